The molecule has 5 N–H and O–H groups in total. The van der Waals surface area contributed by atoms with Gasteiger partial charge in [0.25, 0.3) is 0 Å². The Labute approximate surface area is 272 Å². The van der Waals surface area contributed by atoms with Crippen LogP contribution in [0, 0.1) is 11.8 Å². The molecule has 0 radical (unpaired) electrons. The predicted molar refractivity (Wildman–Crippen MR) is 175 cm³/mol. The summed E-state index contributed by atoms with van der Waals surface area (Å²) in [5, 5.41) is 31.2. The molecule has 246 valence electrons. The summed E-state index contributed by atoms with van der Waals surface area (Å²) < 4.78 is 10.7. The number of carbonyl (C=O) groups is 3. The first-order chi connectivity index (χ1) is 22.9. The highest BCUT2D eigenvalue weighted by molar-refractivity contribution is 5.97. The number of anilines is 1. The zero-order valence-corrected chi connectivity index (χ0v) is 26.1. The Morgan fingerprint density at radius 1 is 0.894 bits per heavy atom. The molecular weight excluding hydrogens is 602 g/mol. The predicted octanol–water partition coefficient (Wildman–Crippen LogP) is 4.30. The molecule has 1 heterocycles. The summed E-state index contributed by atoms with van der Waals surface area (Å²) in [5.74, 6) is 0.648. The highest BCUT2D eigenvalue weighted by atomic mass is 16.5. The maximum Gasteiger partial charge on any atom is 0.404 e. The van der Waals surface area contributed by atoms with Gasteiger partial charge in [0.15, 0.2) is 0 Å². The quantitative estimate of drug-likeness (QED) is 0.125. The lowest BCUT2D eigenvalue weighted by atomic mass is 9.81. The molecule has 1 aromatic heterocycles. The van der Waals surface area contributed by atoms with Gasteiger partial charge in [0, 0.05) is 37.2 Å². The van der Waals surface area contributed by atoms with Crippen LogP contribution >= 0.6 is 0 Å². The van der Waals surface area contributed by atoms with Crippen molar-refractivity contribution in [1.82, 2.24) is 31.3 Å². The van der Waals surface area contributed by atoms with Gasteiger partial charge in [-0.3, -0.25) is 9.59 Å². The first kappa shape index (κ1) is 33.1. The molecule has 1 fully saturated rings. The molecule has 0 aliphatic heterocycles. The number of nitrogens with zero attached hydrogens (tertiary/aromatic N) is 3. The van der Waals surface area contributed by atoms with Gasteiger partial charge < -0.3 is 30.5 Å². The molecule has 4 aromatic rings. The van der Waals surface area contributed by atoms with E-state index in [0.717, 1.165) is 40.8 Å². The van der Waals surface area contributed by atoms with E-state index in [1.54, 1.807) is 31.4 Å². The van der Waals surface area contributed by atoms with E-state index in [-0.39, 0.29) is 23.7 Å². The standard InChI is InChI=1S/C34H39N7O6/c1-46-18-19-47-29-16-12-25(13-17-29)24-6-2-22(3-7-24)20-30(37-32(42)27-8-4-23(5-9-27)21-35-34(44)45)33(43)36-28-14-10-26(11-15-28)31-38-40-41-39-31/h2-3,6-7,10-17,23,27,30,35H,4-5,8-9,18-21H2,1H3,(H,36,43)(H,37,42)(H,44,45)(H,38,39,40,41)/t23?,27?,30-/m0/s1. The van der Waals surface area contributed by atoms with Crippen LogP contribution in [0.25, 0.3) is 22.5 Å². The number of hydrogen-bond acceptors (Lipinski definition) is 8. The van der Waals surface area contributed by atoms with Gasteiger partial charge in [0.2, 0.25) is 17.6 Å². The maximum absolute atomic E-state index is 13.6. The fourth-order valence-electron chi connectivity index (χ4n) is 5.63. The molecule has 0 spiro atoms. The van der Waals surface area contributed by atoms with Gasteiger partial charge >= 0.3 is 6.09 Å². The van der Waals surface area contributed by atoms with Gasteiger partial charge in [-0.2, -0.15) is 5.21 Å². The Balaban J connectivity index is 1.25. The molecule has 1 aliphatic carbocycles. The Morgan fingerprint density at radius 3 is 2.17 bits per heavy atom. The summed E-state index contributed by atoms with van der Waals surface area (Å²) in [7, 11) is 1.63. The Morgan fingerprint density at radius 2 is 1.55 bits per heavy atom. The zero-order chi connectivity index (χ0) is 33.0. The first-order valence-corrected chi connectivity index (χ1v) is 15.6. The van der Waals surface area contributed by atoms with Crippen LogP contribution in [0.1, 0.15) is 31.2 Å². The smallest absolute Gasteiger partial charge is 0.404 e. The van der Waals surface area contributed by atoms with Gasteiger partial charge in [-0.1, -0.05) is 36.4 Å². The van der Waals surface area contributed by atoms with Crippen molar-refractivity contribution in [2.45, 2.75) is 38.1 Å². The minimum Gasteiger partial charge on any atom is -0.491 e. The number of nitrogens with one attached hydrogen (secondary N) is 4. The fraction of sp³-hybridized carbons (Fsp3) is 0.353. The van der Waals surface area contributed by atoms with Crippen LogP contribution in [0.3, 0.4) is 0 Å². The molecule has 1 saturated carbocycles. The third-order valence-electron chi connectivity index (χ3n) is 8.29. The molecule has 13 nitrogen and oxygen atoms in total. The Hall–Kier alpha value is -5.30. The number of H-pyrrole nitrogens is 1. The van der Waals surface area contributed by atoms with Gasteiger partial charge in [-0.05, 0) is 89.9 Å². The van der Waals surface area contributed by atoms with Crippen molar-refractivity contribution < 1.29 is 29.0 Å². The van der Waals surface area contributed by atoms with E-state index in [1.807, 2.05) is 48.5 Å². The van der Waals surface area contributed by atoms with Crippen LogP contribution in [0.5, 0.6) is 5.75 Å². The van der Waals surface area contributed by atoms with Gasteiger partial charge in [-0.15, -0.1) is 10.2 Å². The van der Waals surface area contributed by atoms with Crippen LogP contribution in [0.4, 0.5) is 10.5 Å². The second kappa shape index (κ2) is 16.3. The number of rotatable bonds is 14. The van der Waals surface area contributed by atoms with Crippen molar-refractivity contribution in [1.29, 1.82) is 0 Å². The summed E-state index contributed by atoms with van der Waals surface area (Å²) >= 11 is 0. The number of carbonyl (C=O) groups excluding carboxylic acids is 2. The van der Waals surface area contributed by atoms with Crippen molar-refractivity contribution in [3.05, 3.63) is 78.4 Å². The average Bonchev–Trinajstić information content (AvgIpc) is 3.64. The summed E-state index contributed by atoms with van der Waals surface area (Å²) in [5.41, 5.74) is 4.24. The summed E-state index contributed by atoms with van der Waals surface area (Å²) in [6, 6.07) is 22.0. The molecule has 0 bridgehead atoms. The lowest BCUT2D eigenvalue weighted by Crippen LogP contribution is -2.48. The SMILES string of the molecule is COCCOc1ccc(-c2ccc(C[C@H](NC(=O)C3CCC(CNC(=O)O)CC3)C(=O)Nc3ccc(-c4nn[nH]n4)cc3)cc2)cc1. The second-order valence-corrected chi connectivity index (χ2v) is 11.5. The minimum atomic E-state index is -1.04. The molecule has 3 amide bonds. The highest BCUT2D eigenvalue weighted by Crippen LogP contribution is 2.29. The molecule has 0 unspecified atom stereocenters. The summed E-state index contributed by atoms with van der Waals surface area (Å²) in [4.78, 5) is 37.9. The van der Waals surface area contributed by atoms with E-state index in [9.17, 15) is 14.4 Å². The van der Waals surface area contributed by atoms with Crippen LogP contribution < -0.4 is 20.7 Å². The molecule has 3 aromatic carbocycles. The topological polar surface area (TPSA) is 180 Å². The summed E-state index contributed by atoms with van der Waals surface area (Å²) in [6.45, 7) is 1.37. The monoisotopic (exact) mass is 641 g/mol. The third kappa shape index (κ3) is 9.60. The van der Waals surface area contributed by atoms with Gasteiger partial charge in [-0.25, -0.2) is 4.79 Å². The third-order valence-corrected chi connectivity index (χ3v) is 8.29. The molecular formula is C34H39N7O6. The number of aromatic nitrogens is 4. The number of hydrogen-bond donors (Lipinski definition) is 5. The number of aromatic amines is 1. The minimum absolute atomic E-state index is 0.174. The highest BCUT2D eigenvalue weighted by Gasteiger charge is 2.30. The van der Waals surface area contributed by atoms with E-state index >= 15 is 0 Å². The number of benzene rings is 3. The molecule has 0 saturated heterocycles. The van der Waals surface area contributed by atoms with Crippen LogP contribution in [-0.2, 0) is 20.7 Å². The maximum atomic E-state index is 13.6. The zero-order valence-electron chi connectivity index (χ0n) is 26.1. The molecule has 5 rings (SSSR count). The van der Waals surface area contributed by atoms with E-state index in [0.29, 0.717) is 50.5 Å². The normalized spacial score (nSPS) is 16.5. The van der Waals surface area contributed by atoms with Gasteiger partial charge in [0.05, 0.1) is 6.61 Å². The first-order valence-electron chi connectivity index (χ1n) is 15.6. The average molecular weight is 642 g/mol. The van der Waals surface area contributed by atoms with Crippen molar-refractivity contribution in [3.63, 3.8) is 0 Å². The number of amides is 3. The van der Waals surface area contributed by atoms with E-state index < -0.39 is 12.1 Å². The Kier molecular flexibility index (Phi) is 11.5. The van der Waals surface area contributed by atoms with Crippen LogP contribution in [0.15, 0.2) is 72.8 Å². The van der Waals surface area contributed by atoms with Gasteiger partial charge in [0.1, 0.15) is 18.4 Å². The summed E-state index contributed by atoms with van der Waals surface area (Å²) in [6.07, 6.45) is 2.00. The van der Waals surface area contributed by atoms with Crippen LogP contribution in [-0.4, -0.2) is 76.5 Å². The molecule has 13 heteroatoms. The van der Waals surface area contributed by atoms with E-state index in [4.69, 9.17) is 14.6 Å². The van der Waals surface area contributed by atoms with E-state index in [2.05, 4.69) is 36.6 Å². The molecule has 47 heavy (non-hydrogen) atoms. The lowest BCUT2D eigenvalue weighted by molar-refractivity contribution is -0.130. The van der Waals surface area contributed by atoms with E-state index in [1.165, 1.54) is 0 Å². The molecule has 1 atom stereocenters. The van der Waals surface area contributed by atoms with Crippen molar-refractivity contribution >= 4 is 23.6 Å². The Bertz CT molecular complexity index is 1590. The number of carboxylic acid groups (broad SMARTS) is 1. The second-order valence-electron chi connectivity index (χ2n) is 11.5. The largest absolute Gasteiger partial charge is 0.491 e. The van der Waals surface area contributed by atoms with Crippen LogP contribution in [0.2, 0.25) is 0 Å². The van der Waals surface area contributed by atoms with Crippen molar-refractivity contribution in [2.75, 3.05) is 32.2 Å². The van der Waals surface area contributed by atoms with Crippen molar-refractivity contribution in [2.24, 2.45) is 11.8 Å². The lowest BCUT2D eigenvalue weighted by Gasteiger charge is -2.29. The number of tetrazole rings is 1. The fourth-order valence-corrected chi connectivity index (χ4v) is 5.63. The number of ether oxygens (including phenoxy) is 2. The van der Waals surface area contributed by atoms with Crippen molar-refractivity contribution in [3.8, 4) is 28.3 Å². The molecule has 1 aliphatic rings. The number of methoxy groups -OCH3 is 1.